The number of ether oxygens (including phenoxy) is 2. The van der Waals surface area contributed by atoms with Gasteiger partial charge in [0, 0.05) is 37.6 Å². The van der Waals surface area contributed by atoms with E-state index in [4.69, 9.17) is 14.5 Å². The van der Waals surface area contributed by atoms with Gasteiger partial charge in [0.2, 0.25) is 11.0 Å². The van der Waals surface area contributed by atoms with Crippen molar-refractivity contribution in [1.29, 1.82) is 0 Å². The van der Waals surface area contributed by atoms with Crippen LogP contribution in [0.1, 0.15) is 36.7 Å². The number of anilines is 1. The second-order valence-electron chi connectivity index (χ2n) is 8.79. The summed E-state index contributed by atoms with van der Waals surface area (Å²) in [7, 11) is 1.65. The lowest BCUT2D eigenvalue weighted by atomic mass is 9.98. The van der Waals surface area contributed by atoms with Crippen molar-refractivity contribution in [2.45, 2.75) is 32.7 Å². The minimum absolute atomic E-state index is 0.0236. The summed E-state index contributed by atoms with van der Waals surface area (Å²) in [6.45, 7) is 3.89. The van der Waals surface area contributed by atoms with Crippen molar-refractivity contribution in [3.8, 4) is 5.75 Å². The molecule has 3 aromatic rings. The topological polar surface area (TPSA) is 84.9 Å². The first-order chi connectivity index (χ1) is 17.6. The molecule has 0 N–H and O–H groups in total. The molecule has 2 aromatic carbocycles. The number of piperidine rings is 1. The molecule has 190 valence electrons. The summed E-state index contributed by atoms with van der Waals surface area (Å²) in [5, 5.41) is 0.698. The van der Waals surface area contributed by atoms with Crippen LogP contribution in [0.25, 0.3) is 0 Å². The van der Waals surface area contributed by atoms with Crippen LogP contribution in [0.4, 0.5) is 5.13 Å². The minimum Gasteiger partial charge on any atom is -0.497 e. The Morgan fingerprint density at radius 3 is 2.72 bits per heavy atom. The van der Waals surface area contributed by atoms with E-state index in [-0.39, 0.29) is 24.3 Å². The molecule has 1 fully saturated rings. The number of amides is 1. The Balaban J connectivity index is 1.48. The van der Waals surface area contributed by atoms with Gasteiger partial charge < -0.3 is 19.3 Å². The molecule has 0 aliphatic carbocycles. The summed E-state index contributed by atoms with van der Waals surface area (Å²) in [5.74, 6) is 0.990. The molecule has 1 aromatic heterocycles. The zero-order chi connectivity index (χ0) is 25.3. The molecule has 0 saturated carbocycles. The van der Waals surface area contributed by atoms with Crippen LogP contribution >= 0.6 is 11.5 Å². The van der Waals surface area contributed by atoms with Gasteiger partial charge in [-0.3, -0.25) is 9.59 Å². The van der Waals surface area contributed by atoms with E-state index in [0.717, 1.165) is 29.7 Å². The largest absolute Gasteiger partial charge is 0.497 e. The van der Waals surface area contributed by atoms with Gasteiger partial charge in [-0.2, -0.15) is 4.37 Å². The Kier molecular flexibility index (Phi) is 8.89. The van der Waals surface area contributed by atoms with E-state index in [0.29, 0.717) is 43.6 Å². The summed E-state index contributed by atoms with van der Waals surface area (Å²) in [6, 6.07) is 17.9. The van der Waals surface area contributed by atoms with Gasteiger partial charge in [0.25, 0.3) is 0 Å². The maximum absolute atomic E-state index is 13.3. The number of hydrogen-bond donors (Lipinski definition) is 0. The third-order valence-corrected chi connectivity index (χ3v) is 6.98. The molecule has 1 aliphatic rings. The number of carbonyl (C=O) groups is 2. The number of carbonyl (C=O) groups excluding carboxylic acids is 2. The minimum atomic E-state index is -0.263. The molecule has 36 heavy (non-hydrogen) atoms. The number of aromatic nitrogens is 2. The Morgan fingerprint density at radius 2 is 1.94 bits per heavy atom. The quantitative estimate of drug-likeness (QED) is 0.384. The highest BCUT2D eigenvalue weighted by Crippen LogP contribution is 2.24. The maximum Gasteiger partial charge on any atom is 0.310 e. The molecule has 0 bridgehead atoms. The van der Waals surface area contributed by atoms with E-state index >= 15 is 0 Å². The van der Waals surface area contributed by atoms with Crippen molar-refractivity contribution < 1.29 is 19.1 Å². The second kappa shape index (κ2) is 12.5. The normalized spacial score (nSPS) is 15.4. The van der Waals surface area contributed by atoms with Gasteiger partial charge in [0.15, 0.2) is 0 Å². The number of benzene rings is 2. The van der Waals surface area contributed by atoms with Gasteiger partial charge in [-0.25, -0.2) is 4.98 Å². The van der Waals surface area contributed by atoms with Gasteiger partial charge in [0.1, 0.15) is 11.6 Å². The van der Waals surface area contributed by atoms with Crippen LogP contribution in [0.15, 0.2) is 54.6 Å². The fourth-order valence-corrected chi connectivity index (χ4v) is 5.01. The third kappa shape index (κ3) is 6.81. The molecule has 1 atom stereocenters. The van der Waals surface area contributed by atoms with E-state index < -0.39 is 0 Å². The number of rotatable bonds is 10. The zero-order valence-electron chi connectivity index (χ0n) is 20.8. The van der Waals surface area contributed by atoms with Crippen molar-refractivity contribution in [2.24, 2.45) is 5.92 Å². The Bertz CT molecular complexity index is 1150. The predicted molar refractivity (Wildman–Crippen MR) is 139 cm³/mol. The zero-order valence-corrected chi connectivity index (χ0v) is 21.6. The van der Waals surface area contributed by atoms with Crippen LogP contribution in [0.5, 0.6) is 5.75 Å². The molecule has 2 heterocycles. The molecular formula is C27H32N4O4S. The Morgan fingerprint density at radius 1 is 1.14 bits per heavy atom. The second-order valence-corrected chi connectivity index (χ2v) is 9.52. The van der Waals surface area contributed by atoms with Crippen molar-refractivity contribution in [3.63, 3.8) is 0 Å². The Hall–Kier alpha value is -3.46. The molecule has 9 heteroatoms. The van der Waals surface area contributed by atoms with Crippen molar-refractivity contribution in [3.05, 3.63) is 71.5 Å². The average molecular weight is 509 g/mol. The van der Waals surface area contributed by atoms with E-state index in [2.05, 4.69) is 4.37 Å². The van der Waals surface area contributed by atoms with Crippen molar-refractivity contribution in [1.82, 2.24) is 14.3 Å². The number of nitrogens with zero attached hydrogens (tertiary/aromatic N) is 4. The number of likely N-dealkylation sites (tertiary alicyclic amines) is 1. The molecule has 1 amide bonds. The lowest BCUT2D eigenvalue weighted by Crippen LogP contribution is -2.46. The SMILES string of the molecule is CCOC(=O)C1CCCN(C(=O)CN(Cc2ccccc2)c2nc(Cc3cccc(OC)c3)ns2)C1. The van der Waals surface area contributed by atoms with Gasteiger partial charge in [-0.05, 0) is 43.0 Å². The van der Waals surface area contributed by atoms with Crippen LogP contribution in [0.3, 0.4) is 0 Å². The van der Waals surface area contributed by atoms with Crippen LogP contribution in [-0.4, -0.2) is 59.5 Å². The number of esters is 1. The van der Waals surface area contributed by atoms with Gasteiger partial charge in [-0.15, -0.1) is 0 Å². The van der Waals surface area contributed by atoms with Crippen molar-refractivity contribution in [2.75, 3.05) is 38.3 Å². The fraction of sp³-hybridized carbons (Fsp3) is 0.407. The average Bonchev–Trinajstić information content (AvgIpc) is 3.37. The van der Waals surface area contributed by atoms with Crippen LogP contribution < -0.4 is 9.64 Å². The van der Waals surface area contributed by atoms with E-state index in [9.17, 15) is 9.59 Å². The predicted octanol–water partition coefficient (Wildman–Crippen LogP) is 3.95. The first kappa shape index (κ1) is 25.6. The highest BCUT2D eigenvalue weighted by molar-refractivity contribution is 7.09. The maximum atomic E-state index is 13.3. The molecule has 0 radical (unpaired) electrons. The highest BCUT2D eigenvalue weighted by Gasteiger charge is 2.30. The first-order valence-electron chi connectivity index (χ1n) is 12.2. The molecule has 8 nitrogen and oxygen atoms in total. The smallest absolute Gasteiger partial charge is 0.310 e. The third-order valence-electron chi connectivity index (χ3n) is 6.16. The van der Waals surface area contributed by atoms with Gasteiger partial charge in [-0.1, -0.05) is 42.5 Å². The monoisotopic (exact) mass is 508 g/mol. The summed E-state index contributed by atoms with van der Waals surface area (Å²) in [5.41, 5.74) is 2.14. The summed E-state index contributed by atoms with van der Waals surface area (Å²) in [6.07, 6.45) is 2.12. The van der Waals surface area contributed by atoms with Crippen LogP contribution in [0, 0.1) is 5.92 Å². The van der Waals surface area contributed by atoms with Crippen molar-refractivity contribution >= 4 is 28.5 Å². The number of methoxy groups -OCH3 is 1. The molecule has 4 rings (SSSR count). The summed E-state index contributed by atoms with van der Waals surface area (Å²) in [4.78, 5) is 34.1. The van der Waals surface area contributed by atoms with E-state index in [1.165, 1.54) is 11.5 Å². The number of hydrogen-bond acceptors (Lipinski definition) is 8. The first-order valence-corrected chi connectivity index (χ1v) is 13.0. The van der Waals surface area contributed by atoms with Gasteiger partial charge in [0.05, 0.1) is 26.2 Å². The van der Waals surface area contributed by atoms with Crippen LogP contribution in [-0.2, 0) is 27.3 Å². The van der Waals surface area contributed by atoms with Gasteiger partial charge >= 0.3 is 5.97 Å². The van der Waals surface area contributed by atoms with Crippen LogP contribution in [0.2, 0.25) is 0 Å². The molecule has 1 aliphatic heterocycles. The lowest BCUT2D eigenvalue weighted by molar-refractivity contribution is -0.151. The van der Waals surface area contributed by atoms with E-state index in [1.54, 1.807) is 18.9 Å². The molecule has 0 spiro atoms. The highest BCUT2D eigenvalue weighted by atomic mass is 32.1. The molecule has 1 saturated heterocycles. The Labute approximate surface area is 216 Å². The van der Waals surface area contributed by atoms with E-state index in [1.807, 2.05) is 59.5 Å². The lowest BCUT2D eigenvalue weighted by Gasteiger charge is -2.33. The fourth-order valence-electron chi connectivity index (χ4n) is 4.32. The molecular weight excluding hydrogens is 476 g/mol. The standard InChI is InChI=1S/C27H32N4O4S/c1-3-35-26(33)22-12-8-14-30(18-22)25(32)19-31(17-20-9-5-4-6-10-20)27-28-24(29-36-27)16-21-11-7-13-23(15-21)34-2/h4-7,9-11,13,15,22H,3,8,12,14,16-19H2,1-2H3. The summed E-state index contributed by atoms with van der Waals surface area (Å²) >= 11 is 1.30. The summed E-state index contributed by atoms with van der Waals surface area (Å²) < 4.78 is 15.1. The molecule has 1 unspecified atom stereocenters.